The molecule has 0 aliphatic carbocycles. The Kier molecular flexibility index (Phi) is 4.47. The SMILES string of the molecule is CC(C)(C)OC(=O)C(Br)c1cccc2cnn([C@@H]3CCOC3)c12. The molecule has 1 fully saturated rings. The van der Waals surface area contributed by atoms with Gasteiger partial charge in [-0.3, -0.25) is 9.48 Å². The summed E-state index contributed by atoms with van der Waals surface area (Å²) in [5.74, 6) is -0.291. The summed E-state index contributed by atoms with van der Waals surface area (Å²) in [5.41, 5.74) is 1.33. The van der Waals surface area contributed by atoms with E-state index >= 15 is 0 Å². The monoisotopic (exact) mass is 380 g/mol. The summed E-state index contributed by atoms with van der Waals surface area (Å²) in [4.78, 5) is 11.9. The molecule has 0 N–H and O–H groups in total. The Hall–Kier alpha value is -1.40. The standard InChI is InChI=1S/C17H21BrN2O3/c1-17(2,3)23-16(21)14(18)13-6-4-5-11-9-19-20(15(11)13)12-7-8-22-10-12/h4-6,9,12,14H,7-8,10H2,1-3H3/t12-,14?/m1/s1. The van der Waals surface area contributed by atoms with Gasteiger partial charge in [-0.1, -0.05) is 34.1 Å². The molecule has 124 valence electrons. The minimum atomic E-state index is -0.525. The summed E-state index contributed by atoms with van der Waals surface area (Å²) >= 11 is 3.51. The molecule has 0 radical (unpaired) electrons. The van der Waals surface area contributed by atoms with Crippen molar-refractivity contribution in [3.8, 4) is 0 Å². The molecule has 1 aromatic heterocycles. The zero-order valence-corrected chi connectivity index (χ0v) is 15.2. The van der Waals surface area contributed by atoms with Gasteiger partial charge < -0.3 is 9.47 Å². The fraction of sp³-hybridized carbons (Fsp3) is 0.529. The summed E-state index contributed by atoms with van der Waals surface area (Å²) in [6, 6.07) is 6.10. The van der Waals surface area contributed by atoms with Gasteiger partial charge in [0, 0.05) is 17.6 Å². The minimum absolute atomic E-state index is 0.215. The number of hydrogen-bond acceptors (Lipinski definition) is 4. The number of rotatable bonds is 3. The van der Waals surface area contributed by atoms with Crippen molar-refractivity contribution in [3.05, 3.63) is 30.0 Å². The van der Waals surface area contributed by atoms with Crippen LogP contribution in [0.2, 0.25) is 0 Å². The molecule has 2 aromatic rings. The fourth-order valence-corrected chi connectivity index (χ4v) is 3.27. The second kappa shape index (κ2) is 6.24. The van der Waals surface area contributed by atoms with Crippen LogP contribution >= 0.6 is 15.9 Å². The van der Waals surface area contributed by atoms with Crippen molar-refractivity contribution in [2.45, 2.75) is 43.7 Å². The normalized spacial score (nSPS) is 19.9. The minimum Gasteiger partial charge on any atom is -0.459 e. The Balaban J connectivity index is 1.99. The molecule has 1 aliphatic rings. The van der Waals surface area contributed by atoms with E-state index in [-0.39, 0.29) is 12.0 Å². The summed E-state index contributed by atoms with van der Waals surface area (Å²) in [6.45, 7) is 7.00. The number of ether oxygens (including phenoxy) is 2. The molecule has 2 heterocycles. The lowest BCUT2D eigenvalue weighted by molar-refractivity contribution is -0.154. The Morgan fingerprint density at radius 2 is 2.26 bits per heavy atom. The summed E-state index contributed by atoms with van der Waals surface area (Å²) in [6.07, 6.45) is 2.77. The van der Waals surface area contributed by atoms with E-state index in [2.05, 4.69) is 21.0 Å². The lowest BCUT2D eigenvalue weighted by Gasteiger charge is -2.22. The summed E-state index contributed by atoms with van der Waals surface area (Å²) < 4.78 is 13.0. The summed E-state index contributed by atoms with van der Waals surface area (Å²) in [5, 5.41) is 5.53. The van der Waals surface area contributed by atoms with E-state index in [1.165, 1.54) is 0 Å². The zero-order chi connectivity index (χ0) is 16.6. The van der Waals surface area contributed by atoms with Gasteiger partial charge in [0.25, 0.3) is 0 Å². The van der Waals surface area contributed by atoms with E-state index in [0.717, 1.165) is 29.5 Å². The van der Waals surface area contributed by atoms with Crippen LogP contribution in [0.1, 0.15) is 43.6 Å². The first-order valence-corrected chi connectivity index (χ1v) is 8.69. The largest absolute Gasteiger partial charge is 0.459 e. The van der Waals surface area contributed by atoms with E-state index in [4.69, 9.17) is 9.47 Å². The van der Waals surface area contributed by atoms with Gasteiger partial charge in [-0.2, -0.15) is 5.10 Å². The Morgan fingerprint density at radius 1 is 1.48 bits per heavy atom. The molecule has 0 spiro atoms. The van der Waals surface area contributed by atoms with Crippen molar-refractivity contribution < 1.29 is 14.3 Å². The van der Waals surface area contributed by atoms with Gasteiger partial charge in [-0.25, -0.2) is 0 Å². The average Bonchev–Trinajstić information content (AvgIpc) is 3.12. The Labute approximate surface area is 144 Å². The van der Waals surface area contributed by atoms with Gasteiger partial charge in [-0.15, -0.1) is 0 Å². The van der Waals surface area contributed by atoms with Crippen LogP contribution in [0.15, 0.2) is 24.4 Å². The maximum Gasteiger partial charge on any atom is 0.324 e. The van der Waals surface area contributed by atoms with E-state index in [9.17, 15) is 4.79 Å². The van der Waals surface area contributed by atoms with Gasteiger partial charge in [0.1, 0.15) is 10.4 Å². The second-order valence-corrected chi connectivity index (χ2v) is 7.70. The topological polar surface area (TPSA) is 53.3 Å². The predicted molar refractivity (Wildman–Crippen MR) is 91.7 cm³/mol. The molecule has 1 aromatic carbocycles. The van der Waals surface area contributed by atoms with Crippen molar-refractivity contribution in [1.82, 2.24) is 9.78 Å². The summed E-state index contributed by atoms with van der Waals surface area (Å²) in [7, 11) is 0. The van der Waals surface area contributed by atoms with Crippen molar-refractivity contribution in [3.63, 3.8) is 0 Å². The molecular formula is C17H21BrN2O3. The number of para-hydroxylation sites is 1. The van der Waals surface area contributed by atoms with Crippen LogP contribution in [-0.4, -0.2) is 34.6 Å². The maximum absolute atomic E-state index is 12.4. The van der Waals surface area contributed by atoms with Gasteiger partial charge in [0.15, 0.2) is 0 Å². The maximum atomic E-state index is 12.4. The lowest BCUT2D eigenvalue weighted by Crippen LogP contribution is -2.26. The first-order valence-electron chi connectivity index (χ1n) is 7.77. The van der Waals surface area contributed by atoms with E-state index < -0.39 is 10.4 Å². The van der Waals surface area contributed by atoms with Crippen LogP contribution in [0, 0.1) is 0 Å². The third kappa shape index (κ3) is 3.43. The van der Waals surface area contributed by atoms with Crippen LogP contribution in [0.4, 0.5) is 0 Å². The molecule has 0 amide bonds. The smallest absolute Gasteiger partial charge is 0.324 e. The number of carbonyl (C=O) groups excluding carboxylic acids is 1. The molecule has 2 atom stereocenters. The van der Waals surface area contributed by atoms with Crippen LogP contribution in [-0.2, 0) is 14.3 Å². The molecule has 1 unspecified atom stereocenters. The molecule has 1 aliphatic heterocycles. The number of esters is 1. The van der Waals surface area contributed by atoms with E-state index in [0.29, 0.717) is 6.61 Å². The molecular weight excluding hydrogens is 360 g/mol. The van der Waals surface area contributed by atoms with Crippen molar-refractivity contribution in [2.75, 3.05) is 13.2 Å². The van der Waals surface area contributed by atoms with Crippen LogP contribution < -0.4 is 0 Å². The molecule has 0 bridgehead atoms. The third-order valence-electron chi connectivity index (χ3n) is 3.79. The number of nitrogens with zero attached hydrogens (tertiary/aromatic N) is 2. The molecule has 5 nitrogen and oxygen atoms in total. The molecule has 1 saturated heterocycles. The first kappa shape index (κ1) is 16.5. The van der Waals surface area contributed by atoms with Gasteiger partial charge in [-0.05, 0) is 27.2 Å². The predicted octanol–water partition coefficient (Wildman–Crippen LogP) is 3.78. The highest BCUT2D eigenvalue weighted by molar-refractivity contribution is 9.09. The quantitative estimate of drug-likeness (QED) is 0.600. The van der Waals surface area contributed by atoms with E-state index in [1.807, 2.05) is 49.8 Å². The molecule has 3 rings (SSSR count). The molecule has 0 saturated carbocycles. The number of hydrogen-bond donors (Lipinski definition) is 0. The number of carbonyl (C=O) groups is 1. The first-order chi connectivity index (χ1) is 10.9. The van der Waals surface area contributed by atoms with E-state index in [1.54, 1.807) is 0 Å². The molecule has 6 heteroatoms. The molecule has 23 heavy (non-hydrogen) atoms. The number of fused-ring (bicyclic) bond motifs is 1. The fourth-order valence-electron chi connectivity index (χ4n) is 2.81. The lowest BCUT2D eigenvalue weighted by atomic mass is 10.1. The number of aromatic nitrogens is 2. The Bertz CT molecular complexity index is 714. The average molecular weight is 381 g/mol. The number of alkyl halides is 1. The van der Waals surface area contributed by atoms with Crippen molar-refractivity contribution in [1.29, 1.82) is 0 Å². The Morgan fingerprint density at radius 3 is 2.91 bits per heavy atom. The van der Waals surface area contributed by atoms with Gasteiger partial charge in [0.05, 0.1) is 24.4 Å². The van der Waals surface area contributed by atoms with Crippen LogP contribution in [0.5, 0.6) is 0 Å². The highest BCUT2D eigenvalue weighted by Gasteiger charge is 2.28. The second-order valence-electron chi connectivity index (χ2n) is 6.79. The van der Waals surface area contributed by atoms with Crippen LogP contribution in [0.3, 0.4) is 0 Å². The van der Waals surface area contributed by atoms with Gasteiger partial charge in [0.2, 0.25) is 0 Å². The zero-order valence-electron chi connectivity index (χ0n) is 13.6. The highest BCUT2D eigenvalue weighted by atomic mass is 79.9. The number of benzene rings is 1. The third-order valence-corrected chi connectivity index (χ3v) is 4.65. The van der Waals surface area contributed by atoms with Crippen molar-refractivity contribution in [2.24, 2.45) is 0 Å². The number of halogens is 1. The van der Waals surface area contributed by atoms with Gasteiger partial charge >= 0.3 is 5.97 Å². The van der Waals surface area contributed by atoms with Crippen molar-refractivity contribution >= 4 is 32.8 Å². The highest BCUT2D eigenvalue weighted by Crippen LogP contribution is 2.34. The van der Waals surface area contributed by atoms with Crippen LogP contribution in [0.25, 0.3) is 10.9 Å².